The zero-order valence-electron chi connectivity index (χ0n) is 5.99. The first-order valence-corrected chi connectivity index (χ1v) is 3.39. The smallest absolute Gasteiger partial charge is 0.0868 e. The number of rotatable bonds is 2. The molecule has 1 aliphatic carbocycles. The molecule has 56 valence electrons. The molecule has 0 aromatic heterocycles. The van der Waals surface area contributed by atoms with Gasteiger partial charge in [-0.25, -0.2) is 0 Å². The summed E-state index contributed by atoms with van der Waals surface area (Å²) in [6.07, 6.45) is 5.16. The van der Waals surface area contributed by atoms with Crippen LogP contribution in [0.15, 0.2) is 23.8 Å². The Kier molecular flexibility index (Phi) is 2.25. The van der Waals surface area contributed by atoms with Gasteiger partial charge < -0.3 is 10.2 Å². The van der Waals surface area contributed by atoms with Crippen molar-refractivity contribution in [2.45, 2.75) is 13.0 Å². The molecule has 0 bridgehead atoms. The van der Waals surface area contributed by atoms with Crippen LogP contribution in [0, 0.1) is 5.92 Å². The summed E-state index contributed by atoms with van der Waals surface area (Å²) in [5.41, 5.74) is 1.15. The lowest BCUT2D eigenvalue weighted by Crippen LogP contribution is -2.19. The predicted molar refractivity (Wildman–Crippen MR) is 39.5 cm³/mol. The topological polar surface area (TPSA) is 40.5 Å². The maximum Gasteiger partial charge on any atom is 0.0868 e. The number of aliphatic hydroxyl groups is 2. The highest BCUT2D eigenvalue weighted by Gasteiger charge is 2.15. The average Bonchev–Trinajstić information content (AvgIpc) is 2.34. The van der Waals surface area contributed by atoms with Gasteiger partial charge in [-0.15, -0.1) is 0 Å². The summed E-state index contributed by atoms with van der Waals surface area (Å²) in [5, 5.41) is 17.7. The summed E-state index contributed by atoms with van der Waals surface area (Å²) in [4.78, 5) is 0. The highest BCUT2D eigenvalue weighted by Crippen LogP contribution is 2.18. The molecule has 0 fully saturated rings. The molecule has 0 saturated heterocycles. The summed E-state index contributed by atoms with van der Waals surface area (Å²) < 4.78 is 0. The molecule has 0 aromatic carbocycles. The minimum absolute atomic E-state index is 0.0185. The second-order valence-electron chi connectivity index (χ2n) is 2.60. The standard InChI is InChI=1S/C8H12O2/c1-6-2-3-7(4-6)8(10)5-9/h2-4,7-10H,5H2,1H3. The van der Waals surface area contributed by atoms with Gasteiger partial charge in [-0.2, -0.15) is 0 Å². The van der Waals surface area contributed by atoms with Gasteiger partial charge in [-0.3, -0.25) is 0 Å². The zero-order valence-corrected chi connectivity index (χ0v) is 5.99. The van der Waals surface area contributed by atoms with Gasteiger partial charge in [0.25, 0.3) is 0 Å². The van der Waals surface area contributed by atoms with Crippen LogP contribution in [-0.2, 0) is 0 Å². The van der Waals surface area contributed by atoms with Crippen LogP contribution in [0.3, 0.4) is 0 Å². The van der Waals surface area contributed by atoms with E-state index in [1.54, 1.807) is 0 Å². The van der Waals surface area contributed by atoms with E-state index < -0.39 is 6.10 Å². The molecule has 0 radical (unpaired) electrons. The van der Waals surface area contributed by atoms with E-state index in [9.17, 15) is 0 Å². The molecule has 1 aliphatic rings. The number of allylic oxidation sites excluding steroid dienone is 2. The third-order valence-electron chi connectivity index (χ3n) is 1.67. The molecule has 0 aromatic rings. The van der Waals surface area contributed by atoms with Crippen molar-refractivity contribution in [2.75, 3.05) is 6.61 Å². The largest absolute Gasteiger partial charge is 0.394 e. The van der Waals surface area contributed by atoms with Crippen LogP contribution in [0.4, 0.5) is 0 Å². The van der Waals surface area contributed by atoms with Gasteiger partial charge in [0.15, 0.2) is 0 Å². The van der Waals surface area contributed by atoms with E-state index in [1.165, 1.54) is 0 Å². The van der Waals surface area contributed by atoms with Gasteiger partial charge in [0.1, 0.15) is 0 Å². The van der Waals surface area contributed by atoms with Gasteiger partial charge >= 0.3 is 0 Å². The van der Waals surface area contributed by atoms with Gasteiger partial charge in [-0.1, -0.05) is 23.8 Å². The number of hydrogen-bond acceptors (Lipinski definition) is 2. The molecule has 0 aliphatic heterocycles. The molecule has 0 amide bonds. The van der Waals surface area contributed by atoms with Crippen molar-refractivity contribution >= 4 is 0 Å². The molecule has 0 saturated carbocycles. The molecule has 10 heavy (non-hydrogen) atoms. The summed E-state index contributed by atoms with van der Waals surface area (Å²) >= 11 is 0. The van der Waals surface area contributed by atoms with E-state index in [2.05, 4.69) is 0 Å². The Hall–Kier alpha value is -0.600. The Labute approximate surface area is 60.5 Å². The van der Waals surface area contributed by atoms with E-state index in [1.807, 2.05) is 25.2 Å². The molecule has 0 spiro atoms. The normalized spacial score (nSPS) is 26.7. The highest BCUT2D eigenvalue weighted by atomic mass is 16.3. The van der Waals surface area contributed by atoms with Gasteiger partial charge in [-0.05, 0) is 6.92 Å². The fourth-order valence-electron chi connectivity index (χ4n) is 1.04. The molecule has 2 unspecified atom stereocenters. The molecule has 2 nitrogen and oxygen atoms in total. The third-order valence-corrected chi connectivity index (χ3v) is 1.67. The fourth-order valence-corrected chi connectivity index (χ4v) is 1.04. The van der Waals surface area contributed by atoms with Crippen LogP contribution < -0.4 is 0 Å². The van der Waals surface area contributed by atoms with Crippen LogP contribution >= 0.6 is 0 Å². The van der Waals surface area contributed by atoms with Crippen molar-refractivity contribution in [3.05, 3.63) is 23.8 Å². The summed E-state index contributed by atoms with van der Waals surface area (Å²) in [7, 11) is 0. The van der Waals surface area contributed by atoms with Crippen LogP contribution in [-0.4, -0.2) is 22.9 Å². The molecular weight excluding hydrogens is 128 g/mol. The van der Waals surface area contributed by atoms with Gasteiger partial charge in [0.05, 0.1) is 12.7 Å². The van der Waals surface area contributed by atoms with Crippen molar-refractivity contribution in [1.29, 1.82) is 0 Å². The summed E-state index contributed by atoms with van der Waals surface area (Å²) in [5.74, 6) is 0.0185. The number of aliphatic hydroxyl groups excluding tert-OH is 2. The lowest BCUT2D eigenvalue weighted by atomic mass is 10.1. The molecular formula is C8H12O2. The molecule has 0 heterocycles. The minimum Gasteiger partial charge on any atom is -0.394 e. The predicted octanol–water partition coefficient (Wildman–Crippen LogP) is 0.472. The molecule has 2 N–H and O–H groups in total. The van der Waals surface area contributed by atoms with Crippen molar-refractivity contribution in [1.82, 2.24) is 0 Å². The first kappa shape index (κ1) is 7.51. The van der Waals surface area contributed by atoms with Crippen molar-refractivity contribution < 1.29 is 10.2 Å². The monoisotopic (exact) mass is 140 g/mol. The zero-order chi connectivity index (χ0) is 7.56. The highest BCUT2D eigenvalue weighted by molar-refractivity contribution is 5.27. The Morgan fingerprint density at radius 1 is 1.70 bits per heavy atom. The summed E-state index contributed by atoms with van der Waals surface area (Å²) in [6.45, 7) is 1.80. The van der Waals surface area contributed by atoms with Crippen molar-refractivity contribution in [2.24, 2.45) is 5.92 Å². The van der Waals surface area contributed by atoms with Crippen LogP contribution in [0.5, 0.6) is 0 Å². The average molecular weight is 140 g/mol. The molecule has 2 heteroatoms. The first-order chi connectivity index (χ1) is 4.74. The van der Waals surface area contributed by atoms with Gasteiger partial charge in [0, 0.05) is 5.92 Å². The van der Waals surface area contributed by atoms with Crippen LogP contribution in [0.2, 0.25) is 0 Å². The molecule has 2 atom stereocenters. The Morgan fingerprint density at radius 3 is 2.80 bits per heavy atom. The summed E-state index contributed by atoms with van der Waals surface area (Å²) in [6, 6.07) is 0. The van der Waals surface area contributed by atoms with Gasteiger partial charge in [0.2, 0.25) is 0 Å². The Balaban J connectivity index is 2.53. The minimum atomic E-state index is -0.631. The van der Waals surface area contributed by atoms with E-state index in [4.69, 9.17) is 10.2 Å². The van der Waals surface area contributed by atoms with E-state index >= 15 is 0 Å². The van der Waals surface area contributed by atoms with Crippen molar-refractivity contribution in [3.63, 3.8) is 0 Å². The second-order valence-corrected chi connectivity index (χ2v) is 2.60. The molecule has 1 rings (SSSR count). The Morgan fingerprint density at radius 2 is 2.40 bits per heavy atom. The van der Waals surface area contributed by atoms with Crippen LogP contribution in [0.1, 0.15) is 6.92 Å². The lowest BCUT2D eigenvalue weighted by Gasteiger charge is -2.10. The van der Waals surface area contributed by atoms with E-state index in [0.717, 1.165) is 5.57 Å². The van der Waals surface area contributed by atoms with Crippen LogP contribution in [0.25, 0.3) is 0 Å². The van der Waals surface area contributed by atoms with E-state index in [0.29, 0.717) is 0 Å². The second kappa shape index (κ2) is 2.99. The number of hydrogen-bond donors (Lipinski definition) is 2. The maximum absolute atomic E-state index is 9.13. The maximum atomic E-state index is 9.13. The van der Waals surface area contributed by atoms with E-state index in [-0.39, 0.29) is 12.5 Å². The first-order valence-electron chi connectivity index (χ1n) is 3.39. The SMILES string of the molecule is CC1=CC(C(O)CO)C=C1. The third kappa shape index (κ3) is 1.46. The Bertz CT molecular complexity index is 170. The quantitative estimate of drug-likeness (QED) is 0.585. The lowest BCUT2D eigenvalue weighted by molar-refractivity contribution is 0.0768. The van der Waals surface area contributed by atoms with Crippen molar-refractivity contribution in [3.8, 4) is 0 Å². The fraction of sp³-hybridized carbons (Fsp3) is 0.500.